The third-order valence-corrected chi connectivity index (χ3v) is 6.83. The first-order chi connectivity index (χ1) is 13.2. The van der Waals surface area contributed by atoms with Gasteiger partial charge in [-0.1, -0.05) is 6.07 Å². The molecule has 1 amide bonds. The van der Waals surface area contributed by atoms with Gasteiger partial charge in [0.2, 0.25) is 0 Å². The van der Waals surface area contributed by atoms with Gasteiger partial charge in [0.25, 0.3) is 5.91 Å². The van der Waals surface area contributed by atoms with Gasteiger partial charge in [-0.2, -0.15) is 5.10 Å². The van der Waals surface area contributed by atoms with Crippen molar-refractivity contribution < 1.29 is 9.90 Å². The molecule has 1 aliphatic carbocycles. The molecule has 4 heterocycles. The highest BCUT2D eigenvalue weighted by molar-refractivity contribution is 7.13. The summed E-state index contributed by atoms with van der Waals surface area (Å²) in [6.45, 7) is 1.43. The molecule has 0 spiro atoms. The molecule has 3 aromatic rings. The highest BCUT2D eigenvalue weighted by atomic mass is 32.1. The van der Waals surface area contributed by atoms with E-state index in [1.54, 1.807) is 30.1 Å². The second-order valence-electron chi connectivity index (χ2n) is 7.48. The van der Waals surface area contributed by atoms with Crippen molar-refractivity contribution in [1.82, 2.24) is 24.6 Å². The monoisotopic (exact) mass is 383 g/mol. The van der Waals surface area contributed by atoms with Crippen LogP contribution in [0, 0.1) is 11.8 Å². The molecule has 0 aromatic carbocycles. The van der Waals surface area contributed by atoms with E-state index in [1.165, 1.54) is 0 Å². The van der Waals surface area contributed by atoms with Crippen molar-refractivity contribution >= 4 is 17.2 Å². The van der Waals surface area contributed by atoms with Crippen LogP contribution in [0.25, 0.3) is 10.6 Å². The molecule has 0 unspecified atom stereocenters. The number of aliphatic hydroxyl groups is 1. The molecule has 2 aliphatic rings. The molecule has 0 bridgehead atoms. The van der Waals surface area contributed by atoms with Gasteiger partial charge >= 0.3 is 0 Å². The van der Waals surface area contributed by atoms with Crippen LogP contribution in [0.15, 0.2) is 42.4 Å². The number of rotatable bonds is 3. The number of H-pyrrole nitrogens is 1. The van der Waals surface area contributed by atoms with Crippen LogP contribution < -0.4 is 0 Å². The molecule has 0 radical (unpaired) electrons. The van der Waals surface area contributed by atoms with Crippen LogP contribution in [0.2, 0.25) is 0 Å². The van der Waals surface area contributed by atoms with Crippen LogP contribution in [0.3, 0.4) is 0 Å². The standard InChI is InChI=1S/C19H21N5O2S/c25-16-7-13-10-24(9-12(13)6-15(16)23-4-3-20-11-23)19(26)14-8-21-22-18(14)17-2-1-5-27-17/h1-5,8,11-13,15-16,25H,6-7,9-10H2,(H,21,22)/t12-,13+,15-,16-/m1/s1. The molecular weight excluding hydrogens is 362 g/mol. The van der Waals surface area contributed by atoms with Gasteiger partial charge in [-0.05, 0) is 36.1 Å². The van der Waals surface area contributed by atoms with E-state index in [2.05, 4.69) is 15.2 Å². The molecule has 4 atom stereocenters. The van der Waals surface area contributed by atoms with E-state index < -0.39 is 6.10 Å². The maximum atomic E-state index is 13.2. The Morgan fingerprint density at radius 2 is 2.15 bits per heavy atom. The normalized spacial score (nSPS) is 27.7. The van der Waals surface area contributed by atoms with E-state index in [9.17, 15) is 9.90 Å². The minimum Gasteiger partial charge on any atom is -0.391 e. The van der Waals surface area contributed by atoms with Crippen LogP contribution in [-0.4, -0.2) is 54.9 Å². The van der Waals surface area contributed by atoms with Crippen molar-refractivity contribution in [3.8, 4) is 10.6 Å². The molecule has 140 valence electrons. The van der Waals surface area contributed by atoms with E-state index >= 15 is 0 Å². The fourth-order valence-electron chi connectivity index (χ4n) is 4.59. The number of imidazole rings is 1. The smallest absolute Gasteiger partial charge is 0.257 e. The Morgan fingerprint density at radius 3 is 2.89 bits per heavy atom. The molecule has 27 heavy (non-hydrogen) atoms. The summed E-state index contributed by atoms with van der Waals surface area (Å²) in [6.07, 6.45) is 8.24. The fraction of sp³-hybridized carbons (Fsp3) is 0.421. The van der Waals surface area contributed by atoms with Gasteiger partial charge in [0.15, 0.2) is 0 Å². The lowest BCUT2D eigenvalue weighted by atomic mass is 9.77. The predicted molar refractivity (Wildman–Crippen MR) is 101 cm³/mol. The molecule has 1 saturated heterocycles. The molecule has 1 saturated carbocycles. The molecule has 2 fully saturated rings. The number of aliphatic hydroxyl groups excluding tert-OH is 1. The van der Waals surface area contributed by atoms with E-state index in [1.807, 2.05) is 33.2 Å². The maximum absolute atomic E-state index is 13.2. The van der Waals surface area contributed by atoms with Crippen molar-refractivity contribution in [2.75, 3.05) is 13.1 Å². The topological polar surface area (TPSA) is 87.0 Å². The lowest BCUT2D eigenvalue weighted by Gasteiger charge is -2.35. The first kappa shape index (κ1) is 16.7. The highest BCUT2D eigenvalue weighted by Crippen LogP contribution is 2.42. The Hall–Kier alpha value is -2.45. The number of nitrogens with one attached hydrogen (secondary N) is 1. The molecular formula is C19H21N5O2S. The van der Waals surface area contributed by atoms with Gasteiger partial charge in [-0.15, -0.1) is 11.3 Å². The average molecular weight is 383 g/mol. The number of thiophene rings is 1. The van der Waals surface area contributed by atoms with E-state index in [0.29, 0.717) is 23.9 Å². The van der Waals surface area contributed by atoms with Crippen LogP contribution in [-0.2, 0) is 0 Å². The van der Waals surface area contributed by atoms with E-state index in [0.717, 1.165) is 30.0 Å². The van der Waals surface area contributed by atoms with Crippen molar-refractivity contribution in [2.24, 2.45) is 11.8 Å². The molecule has 5 rings (SSSR count). The number of amides is 1. The number of aromatic amines is 1. The summed E-state index contributed by atoms with van der Waals surface area (Å²) in [5.74, 6) is 0.776. The summed E-state index contributed by atoms with van der Waals surface area (Å²) in [5, 5.41) is 19.7. The van der Waals surface area contributed by atoms with Gasteiger partial charge in [-0.3, -0.25) is 9.89 Å². The zero-order chi connectivity index (χ0) is 18.4. The van der Waals surface area contributed by atoms with Crippen molar-refractivity contribution in [3.63, 3.8) is 0 Å². The third-order valence-electron chi connectivity index (χ3n) is 5.94. The maximum Gasteiger partial charge on any atom is 0.257 e. The molecule has 2 N–H and O–H groups in total. The lowest BCUT2D eigenvalue weighted by Crippen LogP contribution is -2.35. The summed E-state index contributed by atoms with van der Waals surface area (Å²) < 4.78 is 2.00. The number of carbonyl (C=O) groups is 1. The Morgan fingerprint density at radius 1 is 1.30 bits per heavy atom. The largest absolute Gasteiger partial charge is 0.391 e. The minimum atomic E-state index is -0.397. The Labute approximate surface area is 160 Å². The number of likely N-dealkylation sites (tertiary alicyclic amines) is 1. The summed E-state index contributed by atoms with van der Waals surface area (Å²) in [6, 6.07) is 4.00. The highest BCUT2D eigenvalue weighted by Gasteiger charge is 2.44. The van der Waals surface area contributed by atoms with Gasteiger partial charge in [0, 0.05) is 25.5 Å². The lowest BCUT2D eigenvalue weighted by molar-refractivity contribution is 0.0357. The fourth-order valence-corrected chi connectivity index (χ4v) is 5.32. The van der Waals surface area contributed by atoms with Crippen molar-refractivity contribution in [1.29, 1.82) is 0 Å². The number of carbonyl (C=O) groups excluding carboxylic acids is 1. The van der Waals surface area contributed by atoms with E-state index in [-0.39, 0.29) is 11.9 Å². The van der Waals surface area contributed by atoms with Gasteiger partial charge in [0.1, 0.15) is 0 Å². The minimum absolute atomic E-state index is 0.0234. The Kier molecular flexibility index (Phi) is 4.09. The third kappa shape index (κ3) is 2.89. The van der Waals surface area contributed by atoms with Crippen molar-refractivity contribution in [3.05, 3.63) is 48.0 Å². The summed E-state index contributed by atoms with van der Waals surface area (Å²) >= 11 is 1.59. The van der Waals surface area contributed by atoms with Crippen LogP contribution in [0.4, 0.5) is 0 Å². The van der Waals surface area contributed by atoms with Crippen LogP contribution in [0.1, 0.15) is 29.2 Å². The molecule has 3 aromatic heterocycles. The quantitative estimate of drug-likeness (QED) is 0.727. The number of nitrogens with zero attached hydrogens (tertiary/aromatic N) is 4. The Balaban J connectivity index is 1.34. The van der Waals surface area contributed by atoms with E-state index in [4.69, 9.17) is 0 Å². The number of hydrogen-bond acceptors (Lipinski definition) is 5. The predicted octanol–water partition coefficient (Wildman–Crippen LogP) is 2.42. The second-order valence-corrected chi connectivity index (χ2v) is 8.43. The summed E-state index contributed by atoms with van der Waals surface area (Å²) in [4.78, 5) is 20.2. The van der Waals surface area contributed by atoms with Crippen LogP contribution >= 0.6 is 11.3 Å². The first-order valence-electron chi connectivity index (χ1n) is 9.22. The average Bonchev–Trinajstić information content (AvgIpc) is 3.47. The van der Waals surface area contributed by atoms with Gasteiger partial charge < -0.3 is 14.6 Å². The number of hydrogen-bond donors (Lipinski definition) is 2. The number of aromatic nitrogens is 4. The zero-order valence-corrected chi connectivity index (χ0v) is 15.5. The van der Waals surface area contributed by atoms with Crippen molar-refractivity contribution in [2.45, 2.75) is 25.0 Å². The SMILES string of the molecule is O=C(c1cn[nH]c1-c1cccs1)N1C[C@H]2C[C@@H](n3ccnc3)[C@H](O)C[C@H]2C1. The Bertz CT molecular complexity index is 920. The zero-order valence-electron chi connectivity index (χ0n) is 14.7. The molecule has 7 nitrogen and oxygen atoms in total. The number of fused-ring (bicyclic) bond motifs is 1. The molecule has 1 aliphatic heterocycles. The van der Waals surface area contributed by atoms with Crippen LogP contribution in [0.5, 0.6) is 0 Å². The second kappa shape index (κ2) is 6.61. The molecule has 8 heteroatoms. The summed E-state index contributed by atoms with van der Waals surface area (Å²) in [5.41, 5.74) is 1.42. The summed E-state index contributed by atoms with van der Waals surface area (Å²) in [7, 11) is 0. The van der Waals surface area contributed by atoms with Gasteiger partial charge in [-0.25, -0.2) is 4.98 Å². The first-order valence-corrected chi connectivity index (χ1v) is 10.1. The van der Waals surface area contributed by atoms with Gasteiger partial charge in [0.05, 0.1) is 40.8 Å².